The summed E-state index contributed by atoms with van der Waals surface area (Å²) in [5.74, 6) is -0.895. The third-order valence-electron chi connectivity index (χ3n) is 5.58. The fraction of sp³-hybridized carbons (Fsp3) is 0.619. The first-order valence-electron chi connectivity index (χ1n) is 9.88. The highest BCUT2D eigenvalue weighted by molar-refractivity contribution is 9.10. The van der Waals surface area contributed by atoms with E-state index in [1.165, 1.54) is 9.80 Å². The van der Waals surface area contributed by atoms with E-state index in [0.29, 0.717) is 0 Å². The Morgan fingerprint density at radius 1 is 1.07 bits per heavy atom. The van der Waals surface area contributed by atoms with Crippen molar-refractivity contribution < 1.29 is 27.5 Å². The Labute approximate surface area is 182 Å². The molecule has 2 atom stereocenters. The smallest absolute Gasteiger partial charge is 0.410 e. The van der Waals surface area contributed by atoms with Gasteiger partial charge in [-0.1, -0.05) is 28.1 Å². The minimum Gasteiger partial charge on any atom is -0.444 e. The van der Waals surface area contributed by atoms with Crippen molar-refractivity contribution in [1.29, 1.82) is 0 Å². The quantitative estimate of drug-likeness (QED) is 0.564. The third kappa shape index (κ3) is 4.45. The molecule has 9 heteroatoms. The zero-order valence-electron chi connectivity index (χ0n) is 17.4. The van der Waals surface area contributed by atoms with Crippen molar-refractivity contribution in [3.05, 3.63) is 34.3 Å². The molecule has 0 N–H and O–H groups in total. The normalized spacial score (nSPS) is 23.9. The Balaban J connectivity index is 1.92. The van der Waals surface area contributed by atoms with Gasteiger partial charge in [-0.05, 0) is 58.2 Å². The van der Waals surface area contributed by atoms with Gasteiger partial charge in [-0.3, -0.25) is 9.69 Å². The monoisotopic (exact) mass is 490 g/mol. The van der Waals surface area contributed by atoms with Gasteiger partial charge in [0.15, 0.2) is 0 Å². The van der Waals surface area contributed by atoms with Crippen LogP contribution in [0.1, 0.15) is 52.1 Å². The van der Waals surface area contributed by atoms with Crippen molar-refractivity contribution in [3.8, 4) is 0 Å². The molecule has 0 aromatic heterocycles. The van der Waals surface area contributed by atoms with E-state index in [2.05, 4.69) is 15.9 Å². The van der Waals surface area contributed by atoms with Crippen LogP contribution in [0.15, 0.2) is 28.7 Å². The molecule has 1 aliphatic heterocycles. The molecule has 0 bridgehead atoms. The lowest BCUT2D eigenvalue weighted by Crippen LogP contribution is -2.59. The van der Waals surface area contributed by atoms with E-state index >= 15 is 0 Å². The van der Waals surface area contributed by atoms with Crippen LogP contribution >= 0.6 is 15.9 Å². The highest BCUT2D eigenvalue weighted by Crippen LogP contribution is 2.59. The molecular formula is C21H26BrF3N2O3. The molecule has 1 saturated heterocycles. The molecule has 2 aliphatic rings. The molecule has 1 saturated carbocycles. The molecule has 1 aliphatic carbocycles. The van der Waals surface area contributed by atoms with Gasteiger partial charge in [-0.2, -0.15) is 13.2 Å². The molecular weight excluding hydrogens is 465 g/mol. The van der Waals surface area contributed by atoms with Crippen LogP contribution in [0.25, 0.3) is 0 Å². The van der Waals surface area contributed by atoms with Crippen LogP contribution in [-0.2, 0) is 9.53 Å². The second-order valence-electron chi connectivity index (χ2n) is 9.09. The summed E-state index contributed by atoms with van der Waals surface area (Å²) in [4.78, 5) is 28.6. The molecule has 0 spiro atoms. The van der Waals surface area contributed by atoms with Gasteiger partial charge in [-0.25, -0.2) is 4.79 Å². The van der Waals surface area contributed by atoms with E-state index < -0.39 is 41.3 Å². The number of amides is 2. The summed E-state index contributed by atoms with van der Waals surface area (Å²) in [6.07, 6.45) is -5.49. The SMILES string of the molecule is C[C@@H]1CN(C(=O)OC(C)(C)C)[C@H](c2ccc(Br)cc2)CN1C(=O)C1(C(F)(F)F)CC1. The number of carbonyl (C=O) groups is 2. The van der Waals surface area contributed by atoms with Crippen molar-refractivity contribution in [1.82, 2.24) is 9.80 Å². The highest BCUT2D eigenvalue weighted by Gasteiger charge is 2.70. The number of ether oxygens (including phenoxy) is 1. The van der Waals surface area contributed by atoms with Crippen LogP contribution in [0.3, 0.4) is 0 Å². The van der Waals surface area contributed by atoms with Crippen LogP contribution in [0.5, 0.6) is 0 Å². The molecule has 1 heterocycles. The minimum atomic E-state index is -4.57. The number of carbonyl (C=O) groups excluding carboxylic acids is 2. The molecule has 2 fully saturated rings. The Hall–Kier alpha value is -1.77. The zero-order chi connectivity index (χ0) is 22.5. The maximum atomic E-state index is 13.5. The van der Waals surface area contributed by atoms with E-state index in [9.17, 15) is 22.8 Å². The first kappa shape index (κ1) is 22.9. The van der Waals surface area contributed by atoms with Crippen molar-refractivity contribution in [2.75, 3.05) is 13.1 Å². The van der Waals surface area contributed by atoms with Crippen molar-refractivity contribution in [2.45, 2.75) is 64.4 Å². The summed E-state index contributed by atoms with van der Waals surface area (Å²) in [5, 5.41) is 0. The van der Waals surface area contributed by atoms with Gasteiger partial charge in [0.2, 0.25) is 5.91 Å². The van der Waals surface area contributed by atoms with Crippen LogP contribution in [0, 0.1) is 5.41 Å². The summed E-state index contributed by atoms with van der Waals surface area (Å²) in [6.45, 7) is 7.00. The molecule has 3 rings (SSSR count). The summed E-state index contributed by atoms with van der Waals surface area (Å²) in [5.41, 5.74) is -2.27. The summed E-state index contributed by atoms with van der Waals surface area (Å²) < 4.78 is 47.0. The van der Waals surface area contributed by atoms with Gasteiger partial charge in [0.05, 0.1) is 6.04 Å². The Morgan fingerprint density at radius 2 is 1.63 bits per heavy atom. The van der Waals surface area contributed by atoms with E-state index in [1.807, 2.05) is 0 Å². The fourth-order valence-electron chi connectivity index (χ4n) is 3.77. The number of hydrogen-bond donors (Lipinski definition) is 0. The van der Waals surface area contributed by atoms with Crippen molar-refractivity contribution in [3.63, 3.8) is 0 Å². The van der Waals surface area contributed by atoms with Crippen LogP contribution < -0.4 is 0 Å². The van der Waals surface area contributed by atoms with E-state index in [1.54, 1.807) is 52.0 Å². The van der Waals surface area contributed by atoms with Gasteiger partial charge >= 0.3 is 12.3 Å². The topological polar surface area (TPSA) is 49.9 Å². The van der Waals surface area contributed by atoms with Gasteiger partial charge in [-0.15, -0.1) is 0 Å². The van der Waals surface area contributed by atoms with Crippen molar-refractivity contribution in [2.24, 2.45) is 5.41 Å². The largest absolute Gasteiger partial charge is 0.444 e. The average Bonchev–Trinajstić information content (AvgIpc) is 3.42. The first-order chi connectivity index (χ1) is 13.7. The van der Waals surface area contributed by atoms with Crippen molar-refractivity contribution >= 4 is 27.9 Å². The standard InChI is InChI=1S/C21H26BrF3N2O3/c1-13-11-27(18(29)30-19(2,3)4)16(14-5-7-15(22)8-6-14)12-26(13)17(28)20(9-10-20)21(23,24)25/h5-8,13,16H,9-12H2,1-4H3/t13-,16+/m1/s1. The predicted octanol–water partition coefficient (Wildman–Crippen LogP) is 5.30. The molecule has 2 amide bonds. The third-order valence-corrected chi connectivity index (χ3v) is 6.11. The number of benzene rings is 1. The number of hydrogen-bond acceptors (Lipinski definition) is 3. The molecule has 0 unspecified atom stereocenters. The number of nitrogens with zero attached hydrogens (tertiary/aromatic N) is 2. The van der Waals surface area contributed by atoms with Gasteiger partial charge in [0.25, 0.3) is 0 Å². The molecule has 1 aromatic rings. The molecule has 0 radical (unpaired) electrons. The van der Waals surface area contributed by atoms with Gasteiger partial charge in [0.1, 0.15) is 11.0 Å². The second kappa shape index (κ2) is 7.73. The average molecular weight is 491 g/mol. The van der Waals surface area contributed by atoms with Crippen LogP contribution in [0.4, 0.5) is 18.0 Å². The number of rotatable bonds is 2. The highest BCUT2D eigenvalue weighted by atomic mass is 79.9. The number of piperazine rings is 1. The maximum Gasteiger partial charge on any atom is 0.410 e. The number of alkyl halides is 3. The Morgan fingerprint density at radius 3 is 2.10 bits per heavy atom. The summed E-state index contributed by atoms with van der Waals surface area (Å²) in [6, 6.07) is 6.02. The molecule has 5 nitrogen and oxygen atoms in total. The maximum absolute atomic E-state index is 13.5. The van der Waals surface area contributed by atoms with Gasteiger partial charge < -0.3 is 9.64 Å². The minimum absolute atomic E-state index is 0.0152. The lowest BCUT2D eigenvalue weighted by Gasteiger charge is -2.46. The second-order valence-corrected chi connectivity index (χ2v) is 10.0. The van der Waals surface area contributed by atoms with Gasteiger partial charge in [0, 0.05) is 23.6 Å². The van der Waals surface area contributed by atoms with Crippen LogP contribution in [-0.4, -0.2) is 52.7 Å². The van der Waals surface area contributed by atoms with E-state index in [-0.39, 0.29) is 25.9 Å². The lowest BCUT2D eigenvalue weighted by molar-refractivity contribution is -0.201. The van der Waals surface area contributed by atoms with E-state index in [4.69, 9.17) is 4.74 Å². The Bertz CT molecular complexity index is 816. The summed E-state index contributed by atoms with van der Waals surface area (Å²) in [7, 11) is 0. The number of halogens is 4. The lowest BCUT2D eigenvalue weighted by atomic mass is 9.96. The van der Waals surface area contributed by atoms with E-state index in [0.717, 1.165) is 10.0 Å². The zero-order valence-corrected chi connectivity index (χ0v) is 19.0. The molecule has 1 aromatic carbocycles. The summed E-state index contributed by atoms with van der Waals surface area (Å²) >= 11 is 3.36. The molecule has 166 valence electrons. The Kier molecular flexibility index (Phi) is 5.90. The first-order valence-corrected chi connectivity index (χ1v) is 10.7. The fourth-order valence-corrected chi connectivity index (χ4v) is 4.03. The molecule has 30 heavy (non-hydrogen) atoms. The van der Waals surface area contributed by atoms with Crippen LogP contribution in [0.2, 0.25) is 0 Å². The predicted molar refractivity (Wildman–Crippen MR) is 109 cm³/mol.